The van der Waals surface area contributed by atoms with E-state index in [1.807, 2.05) is 11.9 Å². The molecule has 0 saturated carbocycles. The Kier molecular flexibility index (Phi) is 2.69. The van der Waals surface area contributed by atoms with Crippen LogP contribution in [0.4, 0.5) is 0 Å². The minimum absolute atomic E-state index is 0.0885. The molecule has 0 aliphatic carbocycles. The second kappa shape index (κ2) is 3.32. The average Bonchev–Trinajstić information content (AvgIpc) is 2.30. The first kappa shape index (κ1) is 10.6. The summed E-state index contributed by atoms with van der Waals surface area (Å²) in [6.45, 7) is 9.58. The maximum absolute atomic E-state index is 12.0. The Labute approximate surface area is 81.3 Å². The van der Waals surface area contributed by atoms with E-state index in [0.717, 1.165) is 13.0 Å². The lowest BCUT2D eigenvalue weighted by Crippen LogP contribution is -2.40. The van der Waals surface area contributed by atoms with Crippen LogP contribution in [-0.2, 0) is 4.79 Å². The van der Waals surface area contributed by atoms with Crippen molar-refractivity contribution >= 4 is 5.91 Å². The average molecular weight is 183 g/mol. The fraction of sp³-hybridized carbons (Fsp3) is 0.909. The second-order valence-corrected chi connectivity index (χ2v) is 4.83. The second-order valence-electron chi connectivity index (χ2n) is 4.83. The SMILES string of the molecule is CC(C)C1(C(C)C)CCN(C)C1=O. The lowest BCUT2D eigenvalue weighted by Gasteiger charge is -2.35. The zero-order valence-electron chi connectivity index (χ0n) is 9.42. The van der Waals surface area contributed by atoms with Crippen molar-refractivity contribution in [2.24, 2.45) is 17.3 Å². The Morgan fingerprint density at radius 1 is 1.23 bits per heavy atom. The van der Waals surface area contributed by atoms with Crippen molar-refractivity contribution in [3.8, 4) is 0 Å². The summed E-state index contributed by atoms with van der Waals surface area (Å²) in [6, 6.07) is 0. The zero-order chi connectivity index (χ0) is 10.2. The van der Waals surface area contributed by atoms with Gasteiger partial charge in [-0.1, -0.05) is 27.7 Å². The van der Waals surface area contributed by atoms with Crippen LogP contribution in [0.25, 0.3) is 0 Å². The highest BCUT2D eigenvalue weighted by Crippen LogP contribution is 2.44. The highest BCUT2D eigenvalue weighted by atomic mass is 16.2. The lowest BCUT2D eigenvalue weighted by atomic mass is 9.68. The summed E-state index contributed by atoms with van der Waals surface area (Å²) in [6.07, 6.45) is 1.03. The molecule has 1 aliphatic heterocycles. The smallest absolute Gasteiger partial charge is 0.229 e. The van der Waals surface area contributed by atoms with E-state index < -0.39 is 0 Å². The number of rotatable bonds is 2. The molecule has 0 unspecified atom stereocenters. The van der Waals surface area contributed by atoms with Crippen LogP contribution in [0.1, 0.15) is 34.1 Å². The van der Waals surface area contributed by atoms with Crippen molar-refractivity contribution in [2.75, 3.05) is 13.6 Å². The van der Waals surface area contributed by atoms with Crippen LogP contribution in [-0.4, -0.2) is 24.4 Å². The fourth-order valence-electron chi connectivity index (χ4n) is 2.65. The summed E-state index contributed by atoms with van der Waals surface area (Å²) >= 11 is 0. The zero-order valence-corrected chi connectivity index (χ0v) is 9.42. The van der Waals surface area contributed by atoms with Gasteiger partial charge in [0.2, 0.25) is 5.91 Å². The van der Waals surface area contributed by atoms with E-state index in [0.29, 0.717) is 17.7 Å². The highest BCUT2D eigenvalue weighted by molar-refractivity contribution is 5.85. The van der Waals surface area contributed by atoms with E-state index in [-0.39, 0.29) is 5.41 Å². The summed E-state index contributed by atoms with van der Waals surface area (Å²) in [5.74, 6) is 1.24. The van der Waals surface area contributed by atoms with Gasteiger partial charge in [0.1, 0.15) is 0 Å². The number of hydrogen-bond donors (Lipinski definition) is 0. The van der Waals surface area contributed by atoms with Crippen LogP contribution in [0, 0.1) is 17.3 Å². The molecule has 0 aromatic rings. The van der Waals surface area contributed by atoms with E-state index in [1.54, 1.807) is 0 Å². The molecule has 0 N–H and O–H groups in total. The van der Waals surface area contributed by atoms with Crippen molar-refractivity contribution in [3.05, 3.63) is 0 Å². The van der Waals surface area contributed by atoms with Crippen LogP contribution in [0.5, 0.6) is 0 Å². The third-order valence-corrected chi connectivity index (χ3v) is 3.67. The lowest BCUT2D eigenvalue weighted by molar-refractivity contribution is -0.139. The molecular formula is C11H21NO. The summed E-state index contributed by atoms with van der Waals surface area (Å²) in [7, 11) is 1.91. The van der Waals surface area contributed by atoms with E-state index >= 15 is 0 Å². The largest absolute Gasteiger partial charge is 0.345 e. The summed E-state index contributed by atoms with van der Waals surface area (Å²) in [4.78, 5) is 13.9. The van der Waals surface area contributed by atoms with E-state index in [1.165, 1.54) is 0 Å². The number of hydrogen-bond acceptors (Lipinski definition) is 1. The molecule has 2 heteroatoms. The predicted molar refractivity (Wildman–Crippen MR) is 54.4 cm³/mol. The topological polar surface area (TPSA) is 20.3 Å². The van der Waals surface area contributed by atoms with Gasteiger partial charge in [-0.3, -0.25) is 4.79 Å². The van der Waals surface area contributed by atoms with Crippen molar-refractivity contribution in [2.45, 2.75) is 34.1 Å². The molecule has 0 aromatic heterocycles. The van der Waals surface area contributed by atoms with Crippen LogP contribution in [0.15, 0.2) is 0 Å². The molecule has 1 fully saturated rings. The highest BCUT2D eigenvalue weighted by Gasteiger charge is 2.49. The quantitative estimate of drug-likeness (QED) is 0.642. The van der Waals surface area contributed by atoms with Gasteiger partial charge in [-0.2, -0.15) is 0 Å². The monoisotopic (exact) mass is 183 g/mol. The van der Waals surface area contributed by atoms with Gasteiger partial charge >= 0.3 is 0 Å². The molecule has 1 heterocycles. The third-order valence-electron chi connectivity index (χ3n) is 3.67. The third kappa shape index (κ3) is 1.36. The van der Waals surface area contributed by atoms with Gasteiger partial charge < -0.3 is 4.90 Å². The minimum atomic E-state index is -0.0885. The minimum Gasteiger partial charge on any atom is -0.345 e. The molecule has 1 rings (SSSR count). The van der Waals surface area contributed by atoms with Crippen molar-refractivity contribution in [1.82, 2.24) is 4.90 Å². The first-order valence-electron chi connectivity index (χ1n) is 5.18. The van der Waals surface area contributed by atoms with Gasteiger partial charge in [0, 0.05) is 13.6 Å². The van der Waals surface area contributed by atoms with Crippen LogP contribution in [0.2, 0.25) is 0 Å². The first-order valence-corrected chi connectivity index (χ1v) is 5.18. The molecule has 0 aromatic carbocycles. The molecule has 1 amide bonds. The van der Waals surface area contributed by atoms with Crippen LogP contribution < -0.4 is 0 Å². The Bertz CT molecular complexity index is 200. The van der Waals surface area contributed by atoms with Gasteiger partial charge in [-0.15, -0.1) is 0 Å². The van der Waals surface area contributed by atoms with Gasteiger partial charge in [-0.05, 0) is 18.3 Å². The van der Waals surface area contributed by atoms with Crippen LogP contribution >= 0.6 is 0 Å². The molecule has 0 bridgehead atoms. The number of carbonyl (C=O) groups is 1. The standard InChI is InChI=1S/C11H21NO/c1-8(2)11(9(3)4)6-7-12(5)10(11)13/h8-9H,6-7H2,1-5H3. The Morgan fingerprint density at radius 3 is 1.85 bits per heavy atom. The number of likely N-dealkylation sites (tertiary alicyclic amines) is 1. The number of nitrogens with zero attached hydrogens (tertiary/aromatic N) is 1. The molecule has 2 nitrogen and oxygen atoms in total. The first-order chi connectivity index (χ1) is 5.93. The number of amides is 1. The summed E-state index contributed by atoms with van der Waals surface area (Å²) < 4.78 is 0. The molecule has 1 aliphatic rings. The maximum Gasteiger partial charge on any atom is 0.229 e. The molecule has 76 valence electrons. The molecule has 0 radical (unpaired) electrons. The predicted octanol–water partition coefficient (Wildman–Crippen LogP) is 2.15. The van der Waals surface area contributed by atoms with Gasteiger partial charge in [0.25, 0.3) is 0 Å². The van der Waals surface area contributed by atoms with Crippen LogP contribution in [0.3, 0.4) is 0 Å². The van der Waals surface area contributed by atoms with E-state index in [9.17, 15) is 4.79 Å². The Balaban J connectivity index is 2.99. The Hall–Kier alpha value is -0.530. The summed E-state index contributed by atoms with van der Waals surface area (Å²) in [5, 5.41) is 0. The van der Waals surface area contributed by atoms with E-state index in [2.05, 4.69) is 27.7 Å². The van der Waals surface area contributed by atoms with E-state index in [4.69, 9.17) is 0 Å². The van der Waals surface area contributed by atoms with Gasteiger partial charge in [0.05, 0.1) is 5.41 Å². The fourth-order valence-corrected chi connectivity index (χ4v) is 2.65. The van der Waals surface area contributed by atoms with Crippen molar-refractivity contribution in [1.29, 1.82) is 0 Å². The van der Waals surface area contributed by atoms with Crippen molar-refractivity contribution in [3.63, 3.8) is 0 Å². The molecular weight excluding hydrogens is 162 g/mol. The van der Waals surface area contributed by atoms with Crippen molar-refractivity contribution < 1.29 is 4.79 Å². The Morgan fingerprint density at radius 2 is 1.69 bits per heavy atom. The van der Waals surface area contributed by atoms with Gasteiger partial charge in [0.15, 0.2) is 0 Å². The normalized spacial score (nSPS) is 22.1. The molecule has 0 spiro atoms. The summed E-state index contributed by atoms with van der Waals surface area (Å²) in [5.41, 5.74) is -0.0885. The molecule has 1 saturated heterocycles. The molecule has 13 heavy (non-hydrogen) atoms. The number of carbonyl (C=O) groups excluding carboxylic acids is 1. The maximum atomic E-state index is 12.0. The molecule has 0 atom stereocenters. The van der Waals surface area contributed by atoms with Gasteiger partial charge in [-0.25, -0.2) is 0 Å².